The monoisotopic (exact) mass is 758 g/mol. The molecule has 2 aromatic carbocycles. The third-order valence-corrected chi connectivity index (χ3v) is 11.8. The van der Waals surface area contributed by atoms with Crippen LogP contribution in [0.25, 0.3) is 0 Å². The van der Waals surface area contributed by atoms with Crippen molar-refractivity contribution >= 4 is 17.1 Å². The number of aromatic nitrogens is 1. The van der Waals surface area contributed by atoms with Crippen LogP contribution >= 0.6 is 0 Å². The lowest BCUT2D eigenvalue weighted by molar-refractivity contribution is -0.438. The number of hydrogen-bond donors (Lipinski definition) is 0. The van der Waals surface area contributed by atoms with Crippen molar-refractivity contribution in [2.24, 2.45) is 5.41 Å². The molecule has 1 aliphatic carbocycles. The molecule has 0 spiro atoms. The van der Waals surface area contributed by atoms with Crippen LogP contribution in [0.5, 0.6) is 5.75 Å². The van der Waals surface area contributed by atoms with Gasteiger partial charge >= 0.3 is 0 Å². The number of pyridine rings is 1. The maximum Gasteiger partial charge on any atom is 0.210 e. The molecule has 0 saturated carbocycles. The zero-order valence-electron chi connectivity index (χ0n) is 35.8. The minimum atomic E-state index is -0.227. The largest absolute Gasteiger partial charge is 0.497 e. The smallest absolute Gasteiger partial charge is 0.210 e. The lowest BCUT2D eigenvalue weighted by Gasteiger charge is -2.32. The summed E-state index contributed by atoms with van der Waals surface area (Å²) in [7, 11) is 5.29. The summed E-state index contributed by atoms with van der Waals surface area (Å²) in [6, 6.07) is 17.5. The molecule has 1 atom stereocenters. The second-order valence-corrected chi connectivity index (χ2v) is 17.6. The molecule has 2 aliphatic heterocycles. The number of rotatable bonds is 15. The number of allylic oxidation sites excluding steroid dienone is 7. The van der Waals surface area contributed by atoms with E-state index in [1.165, 1.54) is 50.6 Å². The normalized spacial score (nSPS) is 19.4. The van der Waals surface area contributed by atoms with Gasteiger partial charge in [-0.3, -0.25) is 4.98 Å². The Morgan fingerprint density at radius 3 is 2.27 bits per heavy atom. The minimum Gasteiger partial charge on any atom is -0.497 e. The Labute approximate surface area is 336 Å². The number of nitrogens with zero attached hydrogens (tertiary/aromatic N) is 3. The van der Waals surface area contributed by atoms with E-state index in [4.69, 9.17) is 18.9 Å². The highest BCUT2D eigenvalue weighted by Gasteiger charge is 2.45. The van der Waals surface area contributed by atoms with E-state index in [0.29, 0.717) is 6.61 Å². The quantitative estimate of drug-likeness (QED) is 0.114. The van der Waals surface area contributed by atoms with E-state index in [1.54, 1.807) is 21.3 Å². The lowest BCUT2D eigenvalue weighted by Crippen LogP contribution is -2.28. The van der Waals surface area contributed by atoms with Gasteiger partial charge in [0.05, 0.1) is 19.1 Å². The fourth-order valence-electron chi connectivity index (χ4n) is 8.72. The summed E-state index contributed by atoms with van der Waals surface area (Å²) in [6.45, 7) is 21.5. The van der Waals surface area contributed by atoms with E-state index in [0.717, 1.165) is 62.5 Å². The fraction of sp³-hybridized carbons (Fsp3) is 0.469. The molecule has 0 bridgehead atoms. The van der Waals surface area contributed by atoms with Gasteiger partial charge in [-0.1, -0.05) is 58.4 Å². The maximum atomic E-state index is 7.32. The van der Waals surface area contributed by atoms with Gasteiger partial charge in [0.15, 0.2) is 12.3 Å². The standard InChI is InChI=1S/C49H64N3O4/c1-34-14-20-41-39(32-34)48(5,6)43(51(41)28-12-30-53-9)22-17-35-15-16-36(45(35)56-46(47(2,3)4)37-24-26-50-27-25-37)18-23-44-49(7,8)40-33-38(55-11)19-21-42(40)52(44)29-13-31-54-10/h14,17-27,32-33,46H,12-13,15-16,28-31H2,1-11H3/q+1. The minimum absolute atomic E-state index is 0.156. The van der Waals surface area contributed by atoms with Crippen LogP contribution in [-0.4, -0.2) is 62.9 Å². The molecule has 298 valence electrons. The highest BCUT2D eigenvalue weighted by Crippen LogP contribution is 2.49. The van der Waals surface area contributed by atoms with Crippen molar-refractivity contribution in [1.82, 2.24) is 4.98 Å². The molecular weight excluding hydrogens is 695 g/mol. The van der Waals surface area contributed by atoms with Crippen molar-refractivity contribution in [3.8, 4) is 5.75 Å². The Morgan fingerprint density at radius 2 is 1.57 bits per heavy atom. The highest BCUT2D eigenvalue weighted by atomic mass is 16.5. The van der Waals surface area contributed by atoms with Crippen molar-refractivity contribution in [3.63, 3.8) is 0 Å². The van der Waals surface area contributed by atoms with Crippen LogP contribution in [0, 0.1) is 12.3 Å². The molecule has 3 aliphatic rings. The first-order valence-electron chi connectivity index (χ1n) is 20.3. The van der Waals surface area contributed by atoms with Crippen LogP contribution < -0.4 is 9.64 Å². The van der Waals surface area contributed by atoms with Gasteiger partial charge in [-0.05, 0) is 105 Å². The van der Waals surface area contributed by atoms with Crippen molar-refractivity contribution in [2.45, 2.75) is 98.0 Å². The molecule has 0 saturated heterocycles. The molecule has 3 aromatic rings. The van der Waals surface area contributed by atoms with Crippen LogP contribution in [-0.2, 0) is 25.0 Å². The first-order chi connectivity index (χ1) is 26.7. The Hall–Kier alpha value is -4.46. The molecule has 0 radical (unpaired) electrons. The number of hydrogen-bond acceptors (Lipinski definition) is 6. The number of ether oxygens (including phenoxy) is 4. The van der Waals surface area contributed by atoms with Crippen molar-refractivity contribution in [1.29, 1.82) is 0 Å². The van der Waals surface area contributed by atoms with Gasteiger partial charge in [0, 0.05) is 86.1 Å². The summed E-state index contributed by atoms with van der Waals surface area (Å²) >= 11 is 0. The molecule has 3 heterocycles. The van der Waals surface area contributed by atoms with Gasteiger partial charge in [-0.15, -0.1) is 0 Å². The predicted molar refractivity (Wildman–Crippen MR) is 229 cm³/mol. The third kappa shape index (κ3) is 8.31. The number of fused-ring (bicyclic) bond motifs is 2. The van der Waals surface area contributed by atoms with Gasteiger partial charge in [-0.2, -0.15) is 4.58 Å². The fourth-order valence-corrected chi connectivity index (χ4v) is 8.72. The van der Waals surface area contributed by atoms with Gasteiger partial charge in [0.2, 0.25) is 5.69 Å². The molecule has 0 amide bonds. The van der Waals surface area contributed by atoms with Crippen LogP contribution in [0.1, 0.15) is 103 Å². The summed E-state index contributed by atoms with van der Waals surface area (Å²) in [5, 5.41) is 0. The number of anilines is 1. The van der Waals surface area contributed by atoms with Crippen LogP contribution in [0.4, 0.5) is 11.4 Å². The zero-order chi connectivity index (χ0) is 40.3. The van der Waals surface area contributed by atoms with Gasteiger partial charge in [-0.25, -0.2) is 0 Å². The van der Waals surface area contributed by atoms with E-state index in [1.807, 2.05) is 12.4 Å². The molecule has 7 nitrogen and oxygen atoms in total. The van der Waals surface area contributed by atoms with E-state index >= 15 is 0 Å². The molecule has 1 unspecified atom stereocenters. The third-order valence-electron chi connectivity index (χ3n) is 11.8. The van der Waals surface area contributed by atoms with Crippen molar-refractivity contribution in [2.75, 3.05) is 52.5 Å². The van der Waals surface area contributed by atoms with Gasteiger partial charge < -0.3 is 23.8 Å². The summed E-state index contributed by atoms with van der Waals surface area (Å²) in [5.74, 6) is 1.86. The van der Waals surface area contributed by atoms with Gasteiger partial charge in [0.1, 0.15) is 17.6 Å². The SMILES string of the molecule is COCCCN1/C(=C/C=C2\CCC(/C=C/C3=[N+](CCCOC)c4ccc(OC)cc4C3(C)C)=C2OC(c2ccncc2)C(C)(C)C)C(C)(C)c2cc(C)ccc21. The van der Waals surface area contributed by atoms with Crippen LogP contribution in [0.3, 0.4) is 0 Å². The van der Waals surface area contributed by atoms with Gasteiger partial charge in [0.25, 0.3) is 0 Å². The molecule has 0 fully saturated rings. The average molecular weight is 759 g/mol. The van der Waals surface area contributed by atoms with E-state index < -0.39 is 0 Å². The Morgan fingerprint density at radius 1 is 0.839 bits per heavy atom. The predicted octanol–water partition coefficient (Wildman–Crippen LogP) is 10.9. The first-order valence-corrected chi connectivity index (χ1v) is 20.3. The van der Waals surface area contributed by atoms with E-state index in [2.05, 4.69) is 143 Å². The second-order valence-electron chi connectivity index (χ2n) is 17.6. The number of methoxy groups -OCH3 is 3. The lowest BCUT2D eigenvalue weighted by atomic mass is 9.81. The molecule has 1 aromatic heterocycles. The number of aryl methyl sites for hydroxylation is 1. The zero-order valence-corrected chi connectivity index (χ0v) is 35.8. The molecule has 0 N–H and O–H groups in total. The first kappa shape index (κ1) is 41.2. The van der Waals surface area contributed by atoms with Crippen LogP contribution in [0.2, 0.25) is 0 Å². The molecule has 6 rings (SSSR count). The summed E-state index contributed by atoms with van der Waals surface area (Å²) in [6.07, 6.45) is 16.6. The van der Waals surface area contributed by atoms with Crippen molar-refractivity contribution < 1.29 is 23.5 Å². The Bertz CT molecular complexity index is 2040. The highest BCUT2D eigenvalue weighted by molar-refractivity contribution is 6.03. The molecular formula is C49H64N3O4+. The van der Waals surface area contributed by atoms with Crippen LogP contribution in [0.15, 0.2) is 108 Å². The summed E-state index contributed by atoms with van der Waals surface area (Å²) < 4.78 is 26.4. The van der Waals surface area contributed by atoms with Crippen molar-refractivity contribution in [3.05, 3.63) is 130 Å². The topological polar surface area (TPSA) is 56.1 Å². The number of benzene rings is 2. The molecule has 56 heavy (non-hydrogen) atoms. The average Bonchev–Trinajstić information content (AvgIpc) is 3.72. The molecule has 7 heteroatoms. The summed E-state index contributed by atoms with van der Waals surface area (Å²) in [4.78, 5) is 6.83. The maximum absolute atomic E-state index is 7.32. The second kappa shape index (κ2) is 17.0. The van der Waals surface area contributed by atoms with E-state index in [-0.39, 0.29) is 22.3 Å². The Balaban J connectivity index is 1.47. The Kier molecular flexibility index (Phi) is 12.5. The summed E-state index contributed by atoms with van der Waals surface area (Å²) in [5.41, 5.74) is 12.0. The van der Waals surface area contributed by atoms with E-state index in [9.17, 15) is 0 Å².